The number of para-hydroxylation sites is 1. The van der Waals surface area contributed by atoms with Gasteiger partial charge in [-0.15, -0.1) is 12.4 Å². The zero-order chi connectivity index (χ0) is 13.8. The first-order valence-electron chi connectivity index (χ1n) is 7.01. The number of carbonyl (C=O) groups excluding carboxylic acids is 1. The van der Waals surface area contributed by atoms with Gasteiger partial charge in [0.05, 0.1) is 6.54 Å². The number of benzene rings is 1. The summed E-state index contributed by atoms with van der Waals surface area (Å²) in [7, 11) is 0. The largest absolute Gasteiger partial charge is 0.448 e. The molecule has 1 aliphatic rings. The molecule has 1 amide bonds. The molecule has 1 aromatic carbocycles. The van der Waals surface area contributed by atoms with Crippen LogP contribution in [0.5, 0.6) is 0 Å². The van der Waals surface area contributed by atoms with E-state index in [1.54, 1.807) is 4.90 Å². The second-order valence-corrected chi connectivity index (χ2v) is 4.92. The number of hydrogen-bond donors (Lipinski definition) is 1. The first kappa shape index (κ1) is 15.7. The van der Waals surface area contributed by atoms with Crippen LogP contribution in [0, 0.1) is 0 Å². The SMILES string of the molecule is Cl.O=C(OCCn1ccc2ccccc21)N1CCNCC1. The highest BCUT2D eigenvalue weighted by Crippen LogP contribution is 2.14. The van der Waals surface area contributed by atoms with E-state index in [0.717, 1.165) is 26.2 Å². The summed E-state index contributed by atoms with van der Waals surface area (Å²) in [5, 5.41) is 4.42. The number of ether oxygens (including phenoxy) is 1. The maximum absolute atomic E-state index is 11.9. The molecule has 2 aromatic rings. The molecule has 0 bridgehead atoms. The molecule has 1 aromatic heterocycles. The number of aromatic nitrogens is 1. The summed E-state index contributed by atoms with van der Waals surface area (Å²) in [6.45, 7) is 4.23. The number of amides is 1. The third-order valence-corrected chi connectivity index (χ3v) is 3.61. The molecular formula is C15H20ClN3O2. The Kier molecular flexibility index (Phi) is 5.47. The molecule has 0 saturated carbocycles. The van der Waals surface area contributed by atoms with Crippen molar-refractivity contribution in [2.24, 2.45) is 0 Å². The first-order valence-corrected chi connectivity index (χ1v) is 7.01. The summed E-state index contributed by atoms with van der Waals surface area (Å²) in [6, 6.07) is 10.3. The Hall–Kier alpha value is -1.72. The molecule has 2 heterocycles. The van der Waals surface area contributed by atoms with Crippen LogP contribution in [-0.4, -0.2) is 48.3 Å². The van der Waals surface area contributed by atoms with Crippen LogP contribution in [0.4, 0.5) is 4.79 Å². The van der Waals surface area contributed by atoms with Gasteiger partial charge in [-0.25, -0.2) is 4.79 Å². The van der Waals surface area contributed by atoms with Crippen LogP contribution in [0.1, 0.15) is 0 Å². The van der Waals surface area contributed by atoms with Gasteiger partial charge >= 0.3 is 6.09 Å². The van der Waals surface area contributed by atoms with Crippen molar-refractivity contribution in [3.05, 3.63) is 36.5 Å². The normalized spacial score (nSPS) is 14.8. The van der Waals surface area contributed by atoms with E-state index in [4.69, 9.17) is 4.74 Å². The standard InChI is InChI=1S/C15H19N3O2.ClH/c19-15(18-9-6-16-7-10-18)20-12-11-17-8-5-13-3-1-2-4-14(13)17;/h1-5,8,16H,6-7,9-12H2;1H. The minimum Gasteiger partial charge on any atom is -0.448 e. The number of fused-ring (bicyclic) bond motifs is 1. The lowest BCUT2D eigenvalue weighted by Crippen LogP contribution is -2.46. The summed E-state index contributed by atoms with van der Waals surface area (Å²) in [4.78, 5) is 13.6. The fourth-order valence-corrected chi connectivity index (χ4v) is 2.51. The van der Waals surface area contributed by atoms with E-state index in [1.165, 1.54) is 10.9 Å². The molecule has 0 aliphatic carbocycles. The van der Waals surface area contributed by atoms with Crippen molar-refractivity contribution < 1.29 is 9.53 Å². The molecule has 1 fully saturated rings. The number of carbonyl (C=O) groups is 1. The quantitative estimate of drug-likeness (QED) is 0.944. The third kappa shape index (κ3) is 3.68. The highest BCUT2D eigenvalue weighted by molar-refractivity contribution is 5.85. The van der Waals surface area contributed by atoms with Crippen molar-refractivity contribution in [3.63, 3.8) is 0 Å². The van der Waals surface area contributed by atoms with Gasteiger partial charge < -0.3 is 19.5 Å². The van der Waals surface area contributed by atoms with Crippen molar-refractivity contribution in [1.29, 1.82) is 0 Å². The lowest BCUT2D eigenvalue weighted by atomic mass is 10.2. The maximum Gasteiger partial charge on any atom is 0.409 e. The van der Waals surface area contributed by atoms with Crippen LogP contribution >= 0.6 is 12.4 Å². The number of hydrogen-bond acceptors (Lipinski definition) is 3. The van der Waals surface area contributed by atoms with E-state index in [9.17, 15) is 4.79 Å². The summed E-state index contributed by atoms with van der Waals surface area (Å²) in [5.74, 6) is 0. The van der Waals surface area contributed by atoms with Crippen LogP contribution in [0.25, 0.3) is 10.9 Å². The van der Waals surface area contributed by atoms with Gasteiger partial charge in [0.15, 0.2) is 0 Å². The minimum atomic E-state index is -0.206. The summed E-state index contributed by atoms with van der Waals surface area (Å²) in [6.07, 6.45) is 1.83. The third-order valence-electron chi connectivity index (χ3n) is 3.61. The smallest absolute Gasteiger partial charge is 0.409 e. The zero-order valence-electron chi connectivity index (χ0n) is 11.8. The Balaban J connectivity index is 0.00000161. The average molecular weight is 310 g/mol. The van der Waals surface area contributed by atoms with E-state index in [0.29, 0.717) is 13.2 Å². The molecule has 0 unspecified atom stereocenters. The molecule has 0 atom stereocenters. The van der Waals surface area contributed by atoms with Crippen LogP contribution in [0.3, 0.4) is 0 Å². The average Bonchev–Trinajstić information content (AvgIpc) is 2.92. The number of nitrogens with one attached hydrogen (secondary N) is 1. The van der Waals surface area contributed by atoms with E-state index in [1.807, 2.05) is 18.3 Å². The van der Waals surface area contributed by atoms with Crippen molar-refractivity contribution in [2.45, 2.75) is 6.54 Å². The number of piperazine rings is 1. The van der Waals surface area contributed by atoms with Gasteiger partial charge in [0, 0.05) is 37.9 Å². The molecule has 0 radical (unpaired) electrons. The first-order chi connectivity index (χ1) is 9.84. The summed E-state index contributed by atoms with van der Waals surface area (Å²) >= 11 is 0. The molecule has 1 aliphatic heterocycles. The highest BCUT2D eigenvalue weighted by Gasteiger charge is 2.16. The lowest BCUT2D eigenvalue weighted by molar-refractivity contribution is 0.0950. The lowest BCUT2D eigenvalue weighted by Gasteiger charge is -2.26. The summed E-state index contributed by atoms with van der Waals surface area (Å²) in [5.41, 5.74) is 1.17. The molecule has 1 saturated heterocycles. The predicted octanol–water partition coefficient (Wildman–Crippen LogP) is 2.10. The van der Waals surface area contributed by atoms with Crippen LogP contribution in [0.2, 0.25) is 0 Å². The molecule has 6 heteroatoms. The van der Waals surface area contributed by atoms with Crippen LogP contribution < -0.4 is 5.32 Å². The molecule has 1 N–H and O–H groups in total. The highest BCUT2D eigenvalue weighted by atomic mass is 35.5. The van der Waals surface area contributed by atoms with E-state index >= 15 is 0 Å². The fraction of sp³-hybridized carbons (Fsp3) is 0.400. The topological polar surface area (TPSA) is 46.5 Å². The number of nitrogens with zero attached hydrogens (tertiary/aromatic N) is 2. The molecule has 21 heavy (non-hydrogen) atoms. The van der Waals surface area contributed by atoms with Crippen molar-refractivity contribution in [1.82, 2.24) is 14.8 Å². The monoisotopic (exact) mass is 309 g/mol. The Bertz CT molecular complexity index is 593. The van der Waals surface area contributed by atoms with Gasteiger partial charge in [0.2, 0.25) is 0 Å². The Labute approximate surface area is 130 Å². The van der Waals surface area contributed by atoms with Gasteiger partial charge in [0.1, 0.15) is 6.61 Å². The molecule has 0 spiro atoms. The van der Waals surface area contributed by atoms with Crippen LogP contribution in [-0.2, 0) is 11.3 Å². The van der Waals surface area contributed by atoms with Crippen molar-refractivity contribution in [3.8, 4) is 0 Å². The fourth-order valence-electron chi connectivity index (χ4n) is 2.51. The van der Waals surface area contributed by atoms with E-state index < -0.39 is 0 Å². The van der Waals surface area contributed by atoms with Gasteiger partial charge in [-0.2, -0.15) is 0 Å². The number of rotatable bonds is 3. The Morgan fingerprint density at radius 2 is 1.95 bits per heavy atom. The van der Waals surface area contributed by atoms with Crippen molar-refractivity contribution >= 4 is 29.4 Å². The van der Waals surface area contributed by atoms with Gasteiger partial charge in [-0.05, 0) is 17.5 Å². The second-order valence-electron chi connectivity index (χ2n) is 4.92. The van der Waals surface area contributed by atoms with Crippen LogP contribution in [0.15, 0.2) is 36.5 Å². The molecule has 5 nitrogen and oxygen atoms in total. The van der Waals surface area contributed by atoms with E-state index in [-0.39, 0.29) is 18.5 Å². The summed E-state index contributed by atoms with van der Waals surface area (Å²) < 4.78 is 7.45. The van der Waals surface area contributed by atoms with Gasteiger partial charge in [-0.3, -0.25) is 0 Å². The second kappa shape index (κ2) is 7.33. The minimum absolute atomic E-state index is 0. The molecular weight excluding hydrogens is 290 g/mol. The van der Waals surface area contributed by atoms with E-state index in [2.05, 4.69) is 28.1 Å². The predicted molar refractivity (Wildman–Crippen MR) is 85.0 cm³/mol. The maximum atomic E-state index is 11.9. The number of halogens is 1. The zero-order valence-corrected chi connectivity index (χ0v) is 12.6. The van der Waals surface area contributed by atoms with Gasteiger partial charge in [-0.1, -0.05) is 18.2 Å². The van der Waals surface area contributed by atoms with Gasteiger partial charge in [0.25, 0.3) is 0 Å². The molecule has 114 valence electrons. The van der Waals surface area contributed by atoms with Crippen molar-refractivity contribution in [2.75, 3.05) is 32.8 Å². The Morgan fingerprint density at radius 1 is 1.19 bits per heavy atom. The molecule has 3 rings (SSSR count). The Morgan fingerprint density at radius 3 is 2.76 bits per heavy atom.